The fourth-order valence-electron chi connectivity index (χ4n) is 3.85. The molecular formula is C24H25F2NO5. The molecule has 6 nitrogen and oxygen atoms in total. The van der Waals surface area contributed by atoms with Crippen molar-refractivity contribution in [2.24, 2.45) is 5.92 Å². The Morgan fingerprint density at radius 2 is 1.72 bits per heavy atom. The van der Waals surface area contributed by atoms with Crippen LogP contribution in [0.25, 0.3) is 0 Å². The topological polar surface area (TPSA) is 73.9 Å². The number of carbonyl (C=O) groups excluding carboxylic acids is 2. The van der Waals surface area contributed by atoms with E-state index < -0.39 is 35.5 Å². The number of halogens is 2. The normalized spacial score (nSPS) is 18.2. The third-order valence-electron chi connectivity index (χ3n) is 5.29. The molecule has 0 radical (unpaired) electrons. The highest BCUT2D eigenvalue weighted by atomic mass is 19.1. The second kappa shape index (κ2) is 10.3. The van der Waals surface area contributed by atoms with E-state index in [0.29, 0.717) is 29.5 Å². The number of hydrogen-bond acceptors (Lipinski definition) is 5. The Morgan fingerprint density at radius 1 is 1.03 bits per heavy atom. The van der Waals surface area contributed by atoms with Crippen LogP contribution < -0.4 is 14.8 Å². The molecule has 0 saturated carbocycles. The van der Waals surface area contributed by atoms with Gasteiger partial charge in [0.15, 0.2) is 11.5 Å². The molecule has 0 spiro atoms. The molecular weight excluding hydrogens is 420 g/mol. The molecule has 0 heterocycles. The Balaban J connectivity index is 1.78. The van der Waals surface area contributed by atoms with Crippen LogP contribution in [0.5, 0.6) is 11.5 Å². The minimum Gasteiger partial charge on any atom is -0.493 e. The standard InChI is InChI=1S/C24H25F2NO5/c1-4-32-24(29)22(15-6-8-20(30-2)21(12-15)31-3)14-5-7-19(11-14)27-23(28)16-9-17(25)13-18(26)10-16/h5-10,12-14,19,22H,4,11H2,1-3H3,(H,27,28). The van der Waals surface area contributed by atoms with Crippen molar-refractivity contribution in [3.8, 4) is 11.5 Å². The van der Waals surface area contributed by atoms with Gasteiger partial charge in [0.1, 0.15) is 11.6 Å². The molecule has 0 aliphatic heterocycles. The lowest BCUT2D eigenvalue weighted by molar-refractivity contribution is -0.146. The number of nitrogens with one attached hydrogen (secondary N) is 1. The number of esters is 1. The predicted octanol–water partition coefficient (Wildman–Crippen LogP) is 4.00. The summed E-state index contributed by atoms with van der Waals surface area (Å²) in [5, 5.41) is 2.74. The van der Waals surface area contributed by atoms with E-state index in [1.807, 2.05) is 6.08 Å². The molecule has 3 rings (SSSR count). The lowest BCUT2D eigenvalue weighted by atomic mass is 9.85. The molecule has 1 aliphatic rings. The van der Waals surface area contributed by atoms with Gasteiger partial charge in [-0.25, -0.2) is 8.78 Å². The number of benzene rings is 2. The molecule has 0 saturated heterocycles. The number of ether oxygens (including phenoxy) is 3. The van der Waals surface area contributed by atoms with E-state index >= 15 is 0 Å². The first-order valence-corrected chi connectivity index (χ1v) is 10.2. The average Bonchev–Trinajstić information content (AvgIpc) is 3.21. The summed E-state index contributed by atoms with van der Waals surface area (Å²) < 4.78 is 42.8. The van der Waals surface area contributed by atoms with Crippen LogP contribution in [0, 0.1) is 17.6 Å². The summed E-state index contributed by atoms with van der Waals surface area (Å²) in [6.45, 7) is 1.96. The molecule has 170 valence electrons. The first-order chi connectivity index (χ1) is 15.4. The largest absolute Gasteiger partial charge is 0.493 e. The maximum absolute atomic E-state index is 13.4. The van der Waals surface area contributed by atoms with Crippen molar-refractivity contribution >= 4 is 11.9 Å². The molecule has 8 heteroatoms. The summed E-state index contributed by atoms with van der Waals surface area (Å²) in [6.07, 6.45) is 4.03. The zero-order valence-electron chi connectivity index (χ0n) is 18.1. The molecule has 32 heavy (non-hydrogen) atoms. The number of carbonyl (C=O) groups is 2. The Morgan fingerprint density at radius 3 is 2.34 bits per heavy atom. The van der Waals surface area contributed by atoms with Gasteiger partial charge in [0.05, 0.1) is 26.7 Å². The Kier molecular flexibility index (Phi) is 7.45. The van der Waals surface area contributed by atoms with Crippen molar-refractivity contribution < 1.29 is 32.6 Å². The van der Waals surface area contributed by atoms with E-state index in [1.54, 1.807) is 31.2 Å². The van der Waals surface area contributed by atoms with Crippen LogP contribution in [0.4, 0.5) is 8.78 Å². The van der Waals surface area contributed by atoms with Gasteiger partial charge in [-0.05, 0) is 49.1 Å². The monoisotopic (exact) mass is 445 g/mol. The average molecular weight is 445 g/mol. The predicted molar refractivity (Wildman–Crippen MR) is 114 cm³/mol. The van der Waals surface area contributed by atoms with Gasteiger partial charge in [-0.3, -0.25) is 9.59 Å². The third kappa shape index (κ3) is 5.25. The van der Waals surface area contributed by atoms with Gasteiger partial charge in [-0.1, -0.05) is 18.2 Å². The van der Waals surface area contributed by atoms with E-state index in [4.69, 9.17) is 14.2 Å². The van der Waals surface area contributed by atoms with Gasteiger partial charge >= 0.3 is 5.97 Å². The van der Waals surface area contributed by atoms with Crippen molar-refractivity contribution in [1.29, 1.82) is 0 Å². The lowest BCUT2D eigenvalue weighted by Gasteiger charge is -2.23. The third-order valence-corrected chi connectivity index (χ3v) is 5.29. The summed E-state index contributed by atoms with van der Waals surface area (Å²) in [4.78, 5) is 25.3. The molecule has 3 unspecified atom stereocenters. The van der Waals surface area contributed by atoms with Gasteiger partial charge in [-0.15, -0.1) is 0 Å². The number of hydrogen-bond donors (Lipinski definition) is 1. The Bertz CT molecular complexity index is 1000. The fourth-order valence-corrected chi connectivity index (χ4v) is 3.85. The van der Waals surface area contributed by atoms with Crippen LogP contribution in [0.3, 0.4) is 0 Å². The molecule has 0 bridgehead atoms. The van der Waals surface area contributed by atoms with Crippen molar-refractivity contribution in [2.75, 3.05) is 20.8 Å². The van der Waals surface area contributed by atoms with E-state index in [-0.39, 0.29) is 18.1 Å². The van der Waals surface area contributed by atoms with E-state index in [0.717, 1.165) is 12.1 Å². The van der Waals surface area contributed by atoms with Gasteiger partial charge in [0, 0.05) is 17.7 Å². The van der Waals surface area contributed by atoms with Gasteiger partial charge in [0.2, 0.25) is 0 Å². The number of allylic oxidation sites excluding steroid dienone is 1. The summed E-state index contributed by atoms with van der Waals surface area (Å²) in [5.74, 6) is -2.52. The van der Waals surface area contributed by atoms with Crippen molar-refractivity contribution in [2.45, 2.75) is 25.3 Å². The number of amides is 1. The fraction of sp³-hybridized carbons (Fsp3) is 0.333. The van der Waals surface area contributed by atoms with Crippen molar-refractivity contribution in [3.63, 3.8) is 0 Å². The van der Waals surface area contributed by atoms with E-state index in [1.165, 1.54) is 14.2 Å². The summed E-state index contributed by atoms with van der Waals surface area (Å²) >= 11 is 0. The molecule has 1 N–H and O–H groups in total. The molecule has 2 aromatic carbocycles. The Hall–Kier alpha value is -3.42. The minimum absolute atomic E-state index is 0.110. The van der Waals surface area contributed by atoms with Gasteiger partial charge in [-0.2, -0.15) is 0 Å². The van der Waals surface area contributed by atoms with E-state index in [2.05, 4.69) is 5.32 Å². The summed E-state index contributed by atoms with van der Waals surface area (Å²) in [5.41, 5.74) is 0.580. The Labute approximate surface area is 185 Å². The molecule has 0 aromatic heterocycles. The molecule has 0 fully saturated rings. The second-order valence-electron chi connectivity index (χ2n) is 7.37. The number of rotatable bonds is 8. The molecule has 1 aliphatic carbocycles. The SMILES string of the molecule is CCOC(=O)C(c1ccc(OC)c(OC)c1)C1C=CC(NC(=O)c2cc(F)cc(F)c2)C1. The highest BCUT2D eigenvalue weighted by molar-refractivity contribution is 5.94. The smallest absolute Gasteiger partial charge is 0.314 e. The highest BCUT2D eigenvalue weighted by Gasteiger charge is 2.35. The zero-order chi connectivity index (χ0) is 23.3. The summed E-state index contributed by atoms with van der Waals surface area (Å²) in [6, 6.07) is 7.47. The van der Waals surface area contributed by atoms with Crippen LogP contribution in [0.2, 0.25) is 0 Å². The quantitative estimate of drug-likeness (QED) is 0.491. The van der Waals surface area contributed by atoms with Crippen LogP contribution in [0.15, 0.2) is 48.6 Å². The van der Waals surface area contributed by atoms with Gasteiger partial charge < -0.3 is 19.5 Å². The van der Waals surface area contributed by atoms with Crippen molar-refractivity contribution in [3.05, 3.63) is 71.3 Å². The minimum atomic E-state index is -0.828. The first kappa shape index (κ1) is 23.2. The van der Waals surface area contributed by atoms with Crippen LogP contribution in [-0.4, -0.2) is 38.7 Å². The van der Waals surface area contributed by atoms with E-state index in [9.17, 15) is 18.4 Å². The maximum atomic E-state index is 13.4. The van der Waals surface area contributed by atoms with Crippen LogP contribution >= 0.6 is 0 Å². The molecule has 3 atom stereocenters. The van der Waals surface area contributed by atoms with Crippen LogP contribution in [-0.2, 0) is 9.53 Å². The second-order valence-corrected chi connectivity index (χ2v) is 7.37. The molecule has 2 aromatic rings. The van der Waals surface area contributed by atoms with Crippen LogP contribution in [0.1, 0.15) is 35.2 Å². The zero-order valence-corrected chi connectivity index (χ0v) is 18.1. The molecule has 1 amide bonds. The first-order valence-electron chi connectivity index (χ1n) is 10.2. The number of methoxy groups -OCH3 is 2. The highest BCUT2D eigenvalue weighted by Crippen LogP contribution is 2.38. The van der Waals surface area contributed by atoms with Gasteiger partial charge in [0.25, 0.3) is 5.91 Å². The van der Waals surface area contributed by atoms with Crippen molar-refractivity contribution in [1.82, 2.24) is 5.32 Å². The lowest BCUT2D eigenvalue weighted by Crippen LogP contribution is -2.34. The maximum Gasteiger partial charge on any atom is 0.314 e. The summed E-state index contributed by atoms with van der Waals surface area (Å²) in [7, 11) is 3.04.